The minimum absolute atomic E-state index is 0. The molecule has 0 nitrogen and oxygen atoms in total. The molecule has 6 aromatic rings. The molecule has 0 saturated heterocycles. The molecule has 0 aliphatic heterocycles. The zero-order valence-corrected chi connectivity index (χ0v) is 37.4. The van der Waals surface area contributed by atoms with E-state index in [4.69, 9.17) is 0 Å². The molecular formula is C44H54Cl2Si2Zr-2. The SMILES string of the molecule is CC(C)c1cc2c(-c3ccc(C(C)(C)C)cc3)cccc2[cH-]1.CCc1cc2c(-c3ccc([Si](C)(C)C)cc3)cccc2[cH-]1.C[Si](C)=[Zr+2].[Cl-].[Cl-]. The first kappa shape index (κ1) is 43.2. The van der Waals surface area contributed by atoms with Gasteiger partial charge in [0.1, 0.15) is 0 Å². The summed E-state index contributed by atoms with van der Waals surface area (Å²) in [6.45, 7) is 25.3. The fourth-order valence-electron chi connectivity index (χ4n) is 5.90. The van der Waals surface area contributed by atoms with Gasteiger partial charge in [-0.15, -0.1) is 69.1 Å². The summed E-state index contributed by atoms with van der Waals surface area (Å²) in [4.78, 5) is 0. The first-order valence-electron chi connectivity index (χ1n) is 17.2. The maximum absolute atomic E-state index is 2.40. The Morgan fingerprint density at radius 1 is 0.694 bits per heavy atom. The summed E-state index contributed by atoms with van der Waals surface area (Å²) in [6.07, 6.45) is 1.10. The number of hydrogen-bond donors (Lipinski definition) is 0. The van der Waals surface area contributed by atoms with Gasteiger partial charge in [0.2, 0.25) is 0 Å². The molecule has 0 aliphatic rings. The van der Waals surface area contributed by atoms with Crippen LogP contribution in [0.4, 0.5) is 0 Å². The Hall–Kier alpha value is -2.00. The van der Waals surface area contributed by atoms with Crippen LogP contribution in [0.25, 0.3) is 43.8 Å². The molecule has 258 valence electrons. The predicted molar refractivity (Wildman–Crippen MR) is 213 cm³/mol. The van der Waals surface area contributed by atoms with E-state index in [1.54, 1.807) is 23.3 Å². The van der Waals surface area contributed by atoms with Gasteiger partial charge in [-0.1, -0.05) is 138 Å². The van der Waals surface area contributed by atoms with Gasteiger partial charge in [0, 0.05) is 0 Å². The van der Waals surface area contributed by atoms with E-state index >= 15 is 0 Å². The summed E-state index contributed by atoms with van der Waals surface area (Å²) in [7, 11) is -1.21. The van der Waals surface area contributed by atoms with Crippen LogP contribution in [-0.4, -0.2) is 13.5 Å². The maximum atomic E-state index is 2.40. The van der Waals surface area contributed by atoms with Crippen LogP contribution < -0.4 is 30.0 Å². The summed E-state index contributed by atoms with van der Waals surface area (Å²) in [5, 5.41) is 6.99. The van der Waals surface area contributed by atoms with Crippen LogP contribution in [0.15, 0.2) is 109 Å². The molecule has 0 bridgehead atoms. The Balaban J connectivity index is 0.000000296. The van der Waals surface area contributed by atoms with Crippen LogP contribution in [0.5, 0.6) is 0 Å². The fourth-order valence-corrected chi connectivity index (χ4v) is 7.06. The fraction of sp³-hybridized carbons (Fsp3) is 0.318. The predicted octanol–water partition coefficient (Wildman–Crippen LogP) is 6.77. The second-order valence-electron chi connectivity index (χ2n) is 15.4. The van der Waals surface area contributed by atoms with Crippen molar-refractivity contribution in [2.45, 2.75) is 92.0 Å². The van der Waals surface area contributed by atoms with Crippen LogP contribution >= 0.6 is 0 Å². The van der Waals surface area contributed by atoms with Crippen molar-refractivity contribution in [1.29, 1.82) is 0 Å². The molecule has 49 heavy (non-hydrogen) atoms. The number of aryl methyl sites for hydroxylation is 1. The third-order valence-electron chi connectivity index (χ3n) is 8.78. The van der Waals surface area contributed by atoms with Crippen LogP contribution in [0.1, 0.15) is 64.2 Å². The van der Waals surface area contributed by atoms with Gasteiger partial charge >= 0.3 is 41.9 Å². The molecule has 0 radical (unpaired) electrons. The largest absolute Gasteiger partial charge is 1.00 e. The van der Waals surface area contributed by atoms with E-state index in [2.05, 4.69) is 183 Å². The van der Waals surface area contributed by atoms with Gasteiger partial charge in [-0.05, 0) is 34.4 Å². The number of rotatable bonds is 5. The van der Waals surface area contributed by atoms with Crippen molar-refractivity contribution in [3.63, 3.8) is 0 Å². The van der Waals surface area contributed by atoms with Crippen molar-refractivity contribution < 1.29 is 48.1 Å². The molecule has 0 aromatic heterocycles. The number of halogens is 2. The van der Waals surface area contributed by atoms with E-state index in [-0.39, 0.29) is 35.7 Å². The van der Waals surface area contributed by atoms with Gasteiger partial charge in [-0.3, -0.25) is 0 Å². The molecule has 6 rings (SSSR count). The summed E-state index contributed by atoms with van der Waals surface area (Å²) in [5.74, 6) is 0.573. The first-order valence-corrected chi connectivity index (χ1v) is 26.9. The third-order valence-corrected chi connectivity index (χ3v) is 10.8. The van der Waals surface area contributed by atoms with Gasteiger partial charge in [-0.25, -0.2) is 0 Å². The van der Waals surface area contributed by atoms with Crippen LogP contribution in [0, 0.1) is 0 Å². The van der Waals surface area contributed by atoms with Gasteiger partial charge in [0.15, 0.2) is 0 Å². The van der Waals surface area contributed by atoms with Crippen molar-refractivity contribution in [3.8, 4) is 22.3 Å². The molecule has 0 spiro atoms. The Bertz CT molecular complexity index is 1930. The summed E-state index contributed by atoms with van der Waals surface area (Å²) in [5.41, 5.74) is 9.98. The number of fused-ring (bicyclic) bond motifs is 2. The van der Waals surface area contributed by atoms with E-state index in [0.29, 0.717) is 5.92 Å². The molecule has 0 fully saturated rings. The van der Waals surface area contributed by atoms with E-state index in [1.165, 1.54) is 65.7 Å². The minimum atomic E-state index is -1.21. The number of hydrogen-bond acceptors (Lipinski definition) is 0. The molecule has 0 unspecified atom stereocenters. The quantitative estimate of drug-likeness (QED) is 0.134. The maximum Gasteiger partial charge on any atom is -1.00 e. The van der Waals surface area contributed by atoms with Crippen LogP contribution in [0.2, 0.25) is 32.7 Å². The first-order chi connectivity index (χ1) is 22.1. The van der Waals surface area contributed by atoms with Crippen LogP contribution in [-0.2, 0) is 35.2 Å². The van der Waals surface area contributed by atoms with E-state index < -0.39 is 8.07 Å². The molecular weight excluding hydrogens is 747 g/mol. The number of benzene rings is 4. The van der Waals surface area contributed by atoms with Gasteiger partial charge in [0.25, 0.3) is 0 Å². The molecule has 5 heteroatoms. The summed E-state index contributed by atoms with van der Waals surface area (Å²) in [6, 6.07) is 40.9. The molecule has 6 aromatic carbocycles. The van der Waals surface area contributed by atoms with Crippen molar-refractivity contribution in [2.75, 3.05) is 0 Å². The second kappa shape index (κ2) is 18.5. The van der Waals surface area contributed by atoms with E-state index in [1.807, 2.05) is 0 Å². The third kappa shape index (κ3) is 11.5. The summed E-state index contributed by atoms with van der Waals surface area (Å²) < 4.78 is 0. The van der Waals surface area contributed by atoms with E-state index in [9.17, 15) is 0 Å². The van der Waals surface area contributed by atoms with Crippen molar-refractivity contribution in [2.24, 2.45) is 0 Å². The normalized spacial score (nSPS) is 11.2. The zero-order valence-electron chi connectivity index (χ0n) is 31.4. The zero-order chi connectivity index (χ0) is 34.5. The average Bonchev–Trinajstić information content (AvgIpc) is 3.65. The molecule has 0 saturated carbocycles. The molecule has 0 aliphatic carbocycles. The van der Waals surface area contributed by atoms with Crippen LogP contribution in [0.3, 0.4) is 0 Å². The van der Waals surface area contributed by atoms with Crippen molar-refractivity contribution in [1.82, 2.24) is 0 Å². The Kier molecular flexibility index (Phi) is 16.3. The Morgan fingerprint density at radius 3 is 1.57 bits per heavy atom. The topological polar surface area (TPSA) is 0 Å². The molecule has 0 heterocycles. The molecule has 0 amide bonds. The Morgan fingerprint density at radius 2 is 1.14 bits per heavy atom. The molecule has 0 N–H and O–H groups in total. The molecule has 0 atom stereocenters. The van der Waals surface area contributed by atoms with Crippen molar-refractivity contribution in [3.05, 3.63) is 126 Å². The minimum Gasteiger partial charge on any atom is -1.00 e. The smallest absolute Gasteiger partial charge is 1.00 e. The van der Waals surface area contributed by atoms with E-state index in [0.717, 1.165) is 6.42 Å². The Labute approximate surface area is 326 Å². The average molecular weight is 801 g/mol. The monoisotopic (exact) mass is 798 g/mol. The van der Waals surface area contributed by atoms with Crippen molar-refractivity contribution >= 4 is 40.2 Å². The standard InChI is InChI=1S/C22H25.C20H23Si.C2H6Si.2ClH.Zr/c1-15(2)18-13-17-7-6-8-20(21(17)14-18)16-9-11-19(12-10-16)22(3,4)5;1-5-15-13-17-7-6-8-19(20(17)14-15)16-9-11-18(12-10-16)21(2,3)4;1-3-2;;;/h6-15H,1-5H3;6-14H,5H2,1-4H3;1-2H3;2*1H;/q2*-1;;;;+2/p-2. The van der Waals surface area contributed by atoms with Gasteiger partial charge in [0.05, 0.1) is 8.07 Å². The second-order valence-corrected chi connectivity index (χ2v) is 29.9. The van der Waals surface area contributed by atoms with Gasteiger partial charge in [-0.2, -0.15) is 12.1 Å². The van der Waals surface area contributed by atoms with Gasteiger partial charge < -0.3 is 24.8 Å². The summed E-state index contributed by atoms with van der Waals surface area (Å²) >= 11 is 1.74.